The molecule has 0 saturated heterocycles. The highest BCUT2D eigenvalue weighted by Crippen LogP contribution is 2.10. The minimum atomic E-state index is -0.184. The number of methoxy groups -OCH3 is 1. The Balaban J connectivity index is 2.40. The van der Waals surface area contributed by atoms with E-state index in [4.69, 9.17) is 4.74 Å². The van der Waals surface area contributed by atoms with E-state index < -0.39 is 0 Å². The molecule has 1 aromatic rings. The minimum Gasteiger partial charge on any atom is -0.383 e. The van der Waals surface area contributed by atoms with Crippen LogP contribution in [0.15, 0.2) is 23.2 Å². The van der Waals surface area contributed by atoms with Crippen LogP contribution in [0.5, 0.6) is 0 Å². The highest BCUT2D eigenvalue weighted by atomic mass is 19.1. The van der Waals surface area contributed by atoms with Crippen LogP contribution < -0.4 is 10.6 Å². The maximum Gasteiger partial charge on any atom is 0.191 e. The molecule has 0 unspecified atom stereocenters. The minimum absolute atomic E-state index is 0.184. The molecule has 0 aliphatic heterocycles. The van der Waals surface area contributed by atoms with Gasteiger partial charge < -0.3 is 20.3 Å². The summed E-state index contributed by atoms with van der Waals surface area (Å²) < 4.78 is 18.2. The van der Waals surface area contributed by atoms with E-state index in [-0.39, 0.29) is 5.82 Å². The number of likely N-dealkylation sites (N-methyl/N-ethyl adjacent to an activating group) is 1. The molecule has 0 spiro atoms. The molecule has 0 bridgehead atoms. The van der Waals surface area contributed by atoms with Crippen LogP contribution >= 0.6 is 0 Å². The third-order valence-corrected chi connectivity index (χ3v) is 3.76. The quantitative estimate of drug-likeness (QED) is 0.505. The van der Waals surface area contributed by atoms with Crippen molar-refractivity contribution in [3.8, 4) is 0 Å². The molecule has 1 aromatic carbocycles. The second kappa shape index (κ2) is 11.8. The molecular formula is C18H31FN4O. The fourth-order valence-electron chi connectivity index (χ4n) is 2.29. The lowest BCUT2D eigenvalue weighted by Crippen LogP contribution is -2.39. The molecule has 0 saturated carbocycles. The molecule has 0 radical (unpaired) electrons. The van der Waals surface area contributed by atoms with Gasteiger partial charge in [-0.2, -0.15) is 0 Å². The molecule has 0 amide bonds. The van der Waals surface area contributed by atoms with Gasteiger partial charge in [-0.3, -0.25) is 4.99 Å². The number of guanidine groups is 1. The van der Waals surface area contributed by atoms with Gasteiger partial charge in [-0.15, -0.1) is 0 Å². The van der Waals surface area contributed by atoms with Crippen molar-refractivity contribution in [2.45, 2.75) is 20.3 Å². The summed E-state index contributed by atoms with van der Waals surface area (Å²) in [6.45, 7) is 8.82. The van der Waals surface area contributed by atoms with Gasteiger partial charge >= 0.3 is 0 Å². The predicted octanol–water partition coefficient (Wildman–Crippen LogP) is 1.81. The zero-order chi connectivity index (χ0) is 17.8. The first kappa shape index (κ1) is 20.4. The van der Waals surface area contributed by atoms with Crippen molar-refractivity contribution in [1.82, 2.24) is 15.5 Å². The van der Waals surface area contributed by atoms with Gasteiger partial charge in [0, 0.05) is 33.3 Å². The van der Waals surface area contributed by atoms with E-state index in [1.54, 1.807) is 13.2 Å². The molecule has 0 aliphatic rings. The largest absolute Gasteiger partial charge is 0.383 e. The molecule has 0 atom stereocenters. The summed E-state index contributed by atoms with van der Waals surface area (Å²) in [6.07, 6.45) is 0.838. The Morgan fingerprint density at radius 2 is 2.08 bits per heavy atom. The van der Waals surface area contributed by atoms with Crippen LogP contribution in [0.25, 0.3) is 0 Å². The molecule has 5 nitrogen and oxygen atoms in total. The highest BCUT2D eigenvalue weighted by molar-refractivity contribution is 5.79. The van der Waals surface area contributed by atoms with E-state index in [1.807, 2.05) is 19.9 Å². The Labute approximate surface area is 145 Å². The smallest absolute Gasteiger partial charge is 0.191 e. The van der Waals surface area contributed by atoms with Crippen molar-refractivity contribution < 1.29 is 9.13 Å². The van der Waals surface area contributed by atoms with Crippen LogP contribution in [0, 0.1) is 12.7 Å². The Morgan fingerprint density at radius 3 is 2.75 bits per heavy atom. The van der Waals surface area contributed by atoms with Crippen LogP contribution in [0.1, 0.15) is 18.1 Å². The van der Waals surface area contributed by atoms with Crippen LogP contribution in [-0.2, 0) is 11.2 Å². The number of aliphatic imine (C=N–C) groups is 1. The first-order valence-electron chi connectivity index (χ1n) is 8.51. The SMILES string of the molecule is CCNC(=NCCN(C)CCOC)NCCc1ccc(F)cc1C. The molecule has 24 heavy (non-hydrogen) atoms. The van der Waals surface area contributed by atoms with Crippen molar-refractivity contribution in [2.24, 2.45) is 4.99 Å². The Morgan fingerprint density at radius 1 is 1.29 bits per heavy atom. The van der Waals surface area contributed by atoms with Gasteiger partial charge in [0.15, 0.2) is 5.96 Å². The topological polar surface area (TPSA) is 48.9 Å². The number of nitrogens with zero attached hydrogens (tertiary/aromatic N) is 2. The summed E-state index contributed by atoms with van der Waals surface area (Å²) in [5, 5.41) is 6.58. The lowest BCUT2D eigenvalue weighted by atomic mass is 10.1. The number of nitrogens with one attached hydrogen (secondary N) is 2. The number of hydrogen-bond acceptors (Lipinski definition) is 3. The van der Waals surface area contributed by atoms with Crippen molar-refractivity contribution in [3.05, 3.63) is 35.1 Å². The van der Waals surface area contributed by atoms with Gasteiger partial charge in [0.1, 0.15) is 5.82 Å². The van der Waals surface area contributed by atoms with Gasteiger partial charge in [0.05, 0.1) is 13.2 Å². The summed E-state index contributed by atoms with van der Waals surface area (Å²) in [6, 6.07) is 4.93. The Bertz CT molecular complexity index is 508. The maximum absolute atomic E-state index is 13.1. The molecule has 0 heterocycles. The van der Waals surface area contributed by atoms with E-state index in [2.05, 4.69) is 27.6 Å². The number of halogens is 1. The number of aryl methyl sites for hydroxylation is 1. The molecule has 6 heteroatoms. The molecule has 0 fully saturated rings. The third-order valence-electron chi connectivity index (χ3n) is 3.76. The van der Waals surface area contributed by atoms with Crippen molar-refractivity contribution >= 4 is 5.96 Å². The summed E-state index contributed by atoms with van der Waals surface area (Å²) >= 11 is 0. The summed E-state index contributed by atoms with van der Waals surface area (Å²) in [7, 11) is 3.77. The van der Waals surface area contributed by atoms with E-state index in [0.29, 0.717) is 0 Å². The monoisotopic (exact) mass is 338 g/mol. The first-order chi connectivity index (χ1) is 11.6. The molecule has 136 valence electrons. The standard InChI is InChI=1S/C18H31FN4O/c1-5-20-18(22-10-11-23(3)12-13-24-4)21-9-8-16-6-7-17(19)14-15(16)2/h6-7,14H,5,8-13H2,1-4H3,(H2,20,21,22). The lowest BCUT2D eigenvalue weighted by molar-refractivity contribution is 0.163. The summed E-state index contributed by atoms with van der Waals surface area (Å²) in [4.78, 5) is 6.77. The van der Waals surface area contributed by atoms with E-state index >= 15 is 0 Å². The molecule has 0 aromatic heterocycles. The zero-order valence-corrected chi connectivity index (χ0v) is 15.4. The van der Waals surface area contributed by atoms with Crippen molar-refractivity contribution in [2.75, 3.05) is 53.5 Å². The first-order valence-corrected chi connectivity index (χ1v) is 8.51. The van der Waals surface area contributed by atoms with E-state index in [0.717, 1.165) is 62.8 Å². The van der Waals surface area contributed by atoms with Gasteiger partial charge in [-0.1, -0.05) is 6.07 Å². The second-order valence-corrected chi connectivity index (χ2v) is 5.80. The highest BCUT2D eigenvalue weighted by Gasteiger charge is 2.02. The van der Waals surface area contributed by atoms with Gasteiger partial charge in [-0.25, -0.2) is 4.39 Å². The van der Waals surface area contributed by atoms with Crippen LogP contribution in [0.2, 0.25) is 0 Å². The number of ether oxygens (including phenoxy) is 1. The molecular weight excluding hydrogens is 307 g/mol. The average Bonchev–Trinajstić information content (AvgIpc) is 2.55. The van der Waals surface area contributed by atoms with Crippen LogP contribution in [0.4, 0.5) is 4.39 Å². The van der Waals surface area contributed by atoms with Gasteiger partial charge in [-0.05, 0) is 50.6 Å². The second-order valence-electron chi connectivity index (χ2n) is 5.80. The van der Waals surface area contributed by atoms with Crippen LogP contribution in [0.3, 0.4) is 0 Å². The Kier molecular flexibility index (Phi) is 10.0. The maximum atomic E-state index is 13.1. The zero-order valence-electron chi connectivity index (χ0n) is 15.4. The number of rotatable bonds is 10. The van der Waals surface area contributed by atoms with Gasteiger partial charge in [0.2, 0.25) is 0 Å². The van der Waals surface area contributed by atoms with E-state index in [9.17, 15) is 4.39 Å². The summed E-state index contributed by atoms with van der Waals surface area (Å²) in [5.74, 6) is 0.633. The number of hydrogen-bond donors (Lipinski definition) is 2. The molecule has 1 rings (SSSR count). The lowest BCUT2D eigenvalue weighted by Gasteiger charge is -2.16. The summed E-state index contributed by atoms with van der Waals surface area (Å²) in [5.41, 5.74) is 2.14. The fraction of sp³-hybridized carbons (Fsp3) is 0.611. The molecule has 0 aliphatic carbocycles. The normalized spacial score (nSPS) is 11.8. The van der Waals surface area contributed by atoms with Crippen molar-refractivity contribution in [3.63, 3.8) is 0 Å². The number of benzene rings is 1. The molecule has 2 N–H and O–H groups in total. The third kappa shape index (κ3) is 8.26. The van der Waals surface area contributed by atoms with E-state index in [1.165, 1.54) is 6.07 Å². The fourth-order valence-corrected chi connectivity index (χ4v) is 2.29. The predicted molar refractivity (Wildman–Crippen MR) is 98.2 cm³/mol. The Hall–Kier alpha value is -1.66. The van der Waals surface area contributed by atoms with Gasteiger partial charge in [0.25, 0.3) is 0 Å². The average molecular weight is 338 g/mol. The van der Waals surface area contributed by atoms with Crippen LogP contribution in [-0.4, -0.2) is 64.3 Å². The van der Waals surface area contributed by atoms with Crippen molar-refractivity contribution in [1.29, 1.82) is 0 Å².